The van der Waals surface area contributed by atoms with Gasteiger partial charge < -0.3 is 5.11 Å². The third-order valence-electron chi connectivity index (χ3n) is 8.93. The van der Waals surface area contributed by atoms with Gasteiger partial charge in [0, 0.05) is 5.41 Å². The molecular weight excluding hydrogens is 363 g/mol. The molecule has 154 valence electrons. The number of allylic oxidation sites excluding steroid dienone is 2. The van der Waals surface area contributed by atoms with Gasteiger partial charge in [0.1, 0.15) is 5.82 Å². The van der Waals surface area contributed by atoms with Crippen molar-refractivity contribution in [1.82, 2.24) is 0 Å². The minimum Gasteiger partial charge on any atom is -0.393 e. The minimum atomic E-state index is -0.261. The average Bonchev–Trinajstić information content (AvgIpc) is 2.95. The summed E-state index contributed by atoms with van der Waals surface area (Å²) in [6.45, 7) is 4.60. The highest BCUT2D eigenvalue weighted by molar-refractivity contribution is 6.05. The van der Waals surface area contributed by atoms with Crippen molar-refractivity contribution in [3.63, 3.8) is 0 Å². The number of Topliss-reactive ketones (excluding diaryl/α,β-unsaturated/α-hetero) is 1. The Morgan fingerprint density at radius 2 is 1.76 bits per heavy atom. The molecule has 0 heterocycles. The van der Waals surface area contributed by atoms with Crippen molar-refractivity contribution in [3.05, 3.63) is 52.9 Å². The van der Waals surface area contributed by atoms with Crippen LogP contribution in [0.15, 0.2) is 41.5 Å². The number of rotatable bonds is 1. The number of aliphatic hydroxyl groups excluding tert-OH is 1. The summed E-state index contributed by atoms with van der Waals surface area (Å²) in [7, 11) is 0. The summed E-state index contributed by atoms with van der Waals surface area (Å²) >= 11 is 0. The van der Waals surface area contributed by atoms with E-state index in [1.54, 1.807) is 12.1 Å². The van der Waals surface area contributed by atoms with Crippen LogP contribution in [0.5, 0.6) is 0 Å². The Bertz CT molecular complexity index is 898. The minimum absolute atomic E-state index is 0.182. The lowest BCUT2D eigenvalue weighted by Crippen LogP contribution is -2.50. The van der Waals surface area contributed by atoms with Crippen LogP contribution in [-0.4, -0.2) is 17.0 Å². The Hall–Kier alpha value is -1.74. The fourth-order valence-corrected chi connectivity index (χ4v) is 7.20. The molecule has 0 aliphatic heterocycles. The summed E-state index contributed by atoms with van der Waals surface area (Å²) in [5, 5.41) is 10.2. The van der Waals surface area contributed by atoms with Gasteiger partial charge in [-0.05, 0) is 97.5 Å². The fraction of sp³-hybridized carbons (Fsp3) is 0.577. The van der Waals surface area contributed by atoms with Gasteiger partial charge in [0.15, 0.2) is 5.78 Å². The number of carbonyl (C=O) groups excluding carboxylic acids is 1. The van der Waals surface area contributed by atoms with E-state index in [1.807, 2.05) is 6.08 Å². The standard InChI is InChI=1S/C26H31FO2/c1-25-11-9-20(28)15-18(25)5-8-21-22(25)10-12-26(2)23(21)14-17(24(26)29)13-16-3-6-19(27)7-4-16/h3-7,13,20-23,28H,8-12,14-15H2,1-2H3/b17-13+. The van der Waals surface area contributed by atoms with Crippen molar-refractivity contribution in [1.29, 1.82) is 0 Å². The second-order valence-corrected chi connectivity index (χ2v) is 10.4. The first kappa shape index (κ1) is 19.2. The third kappa shape index (κ3) is 2.88. The molecule has 0 saturated heterocycles. The Morgan fingerprint density at radius 1 is 1.03 bits per heavy atom. The Morgan fingerprint density at radius 3 is 2.52 bits per heavy atom. The summed E-state index contributed by atoms with van der Waals surface area (Å²) in [4.78, 5) is 13.4. The predicted molar refractivity (Wildman–Crippen MR) is 112 cm³/mol. The summed E-state index contributed by atoms with van der Waals surface area (Å²) in [5.41, 5.74) is 3.22. The van der Waals surface area contributed by atoms with Gasteiger partial charge >= 0.3 is 0 Å². The number of halogens is 1. The molecule has 0 bridgehead atoms. The van der Waals surface area contributed by atoms with Crippen molar-refractivity contribution in [2.75, 3.05) is 0 Å². The SMILES string of the molecule is CC12CCC3C(CC=C4CC(O)CCC43C)C1C/C(=C\c1ccc(F)cc1)C2=O. The average molecular weight is 395 g/mol. The maximum absolute atomic E-state index is 13.4. The van der Waals surface area contributed by atoms with Crippen LogP contribution in [0.3, 0.4) is 0 Å². The van der Waals surface area contributed by atoms with E-state index >= 15 is 0 Å². The highest BCUT2D eigenvalue weighted by Crippen LogP contribution is 2.64. The zero-order valence-electron chi connectivity index (χ0n) is 17.5. The summed E-state index contributed by atoms with van der Waals surface area (Å²) in [5.74, 6) is 1.61. The molecule has 3 heteroatoms. The molecule has 29 heavy (non-hydrogen) atoms. The second kappa shape index (κ2) is 6.63. The van der Waals surface area contributed by atoms with Crippen molar-refractivity contribution >= 4 is 11.9 Å². The van der Waals surface area contributed by atoms with E-state index in [9.17, 15) is 14.3 Å². The van der Waals surface area contributed by atoms with Crippen LogP contribution in [0.1, 0.15) is 64.4 Å². The van der Waals surface area contributed by atoms with E-state index in [-0.39, 0.29) is 22.8 Å². The van der Waals surface area contributed by atoms with Crippen LogP contribution < -0.4 is 0 Å². The molecule has 2 nitrogen and oxygen atoms in total. The normalized spacial score (nSPS) is 42.8. The molecule has 0 amide bonds. The molecule has 5 rings (SSSR count). The summed E-state index contributed by atoms with van der Waals surface area (Å²) in [6, 6.07) is 6.43. The molecule has 6 atom stereocenters. The number of aliphatic hydroxyl groups is 1. The Balaban J connectivity index is 1.47. The van der Waals surface area contributed by atoms with E-state index in [2.05, 4.69) is 19.9 Å². The third-order valence-corrected chi connectivity index (χ3v) is 8.93. The molecule has 0 spiro atoms. The lowest BCUT2D eigenvalue weighted by molar-refractivity contribution is -0.130. The second-order valence-electron chi connectivity index (χ2n) is 10.4. The van der Waals surface area contributed by atoms with E-state index in [0.717, 1.165) is 56.1 Å². The number of carbonyl (C=O) groups is 1. The van der Waals surface area contributed by atoms with Gasteiger partial charge in [-0.25, -0.2) is 4.39 Å². The number of benzene rings is 1. The lowest BCUT2D eigenvalue weighted by Gasteiger charge is -2.56. The number of ketones is 1. The van der Waals surface area contributed by atoms with Crippen LogP contribution in [-0.2, 0) is 4.79 Å². The quantitative estimate of drug-likeness (QED) is 0.489. The number of fused-ring (bicyclic) bond motifs is 5. The monoisotopic (exact) mass is 394 g/mol. The highest BCUT2D eigenvalue weighted by Gasteiger charge is 2.59. The topological polar surface area (TPSA) is 37.3 Å². The van der Waals surface area contributed by atoms with Crippen LogP contribution in [0.4, 0.5) is 4.39 Å². The highest BCUT2D eigenvalue weighted by atomic mass is 19.1. The first-order chi connectivity index (χ1) is 13.8. The molecule has 4 aliphatic carbocycles. The molecule has 1 aromatic rings. The molecule has 0 radical (unpaired) electrons. The van der Waals surface area contributed by atoms with Gasteiger partial charge in [-0.1, -0.05) is 37.6 Å². The van der Waals surface area contributed by atoms with Crippen molar-refractivity contribution in [2.45, 2.75) is 64.9 Å². The zero-order valence-corrected chi connectivity index (χ0v) is 17.5. The number of hydrogen-bond donors (Lipinski definition) is 1. The molecule has 1 N–H and O–H groups in total. The van der Waals surface area contributed by atoms with E-state index in [0.29, 0.717) is 23.5 Å². The van der Waals surface area contributed by atoms with Gasteiger partial charge in [0.2, 0.25) is 0 Å². The maximum atomic E-state index is 13.4. The predicted octanol–water partition coefficient (Wildman–Crippen LogP) is 5.71. The lowest BCUT2D eigenvalue weighted by atomic mass is 9.48. The van der Waals surface area contributed by atoms with E-state index < -0.39 is 0 Å². The molecule has 3 saturated carbocycles. The number of hydrogen-bond acceptors (Lipinski definition) is 2. The van der Waals surface area contributed by atoms with Gasteiger partial charge in [-0.2, -0.15) is 0 Å². The summed E-state index contributed by atoms with van der Waals surface area (Å²) in [6.07, 6.45) is 11.0. The fourth-order valence-electron chi connectivity index (χ4n) is 7.20. The molecule has 6 unspecified atom stereocenters. The van der Waals surface area contributed by atoms with Gasteiger partial charge in [-0.15, -0.1) is 0 Å². The van der Waals surface area contributed by atoms with Gasteiger partial charge in [0.05, 0.1) is 6.10 Å². The van der Waals surface area contributed by atoms with Gasteiger partial charge in [0.25, 0.3) is 0 Å². The Labute approximate surface area is 172 Å². The van der Waals surface area contributed by atoms with E-state index in [4.69, 9.17) is 0 Å². The van der Waals surface area contributed by atoms with Crippen LogP contribution >= 0.6 is 0 Å². The largest absolute Gasteiger partial charge is 0.393 e. The first-order valence-corrected chi connectivity index (χ1v) is 11.2. The first-order valence-electron chi connectivity index (χ1n) is 11.2. The van der Waals surface area contributed by atoms with Crippen LogP contribution in [0, 0.1) is 34.4 Å². The molecule has 0 aromatic heterocycles. The van der Waals surface area contributed by atoms with Crippen LogP contribution in [0.25, 0.3) is 6.08 Å². The smallest absolute Gasteiger partial charge is 0.165 e. The van der Waals surface area contributed by atoms with Crippen molar-refractivity contribution in [2.24, 2.45) is 28.6 Å². The zero-order chi connectivity index (χ0) is 20.4. The van der Waals surface area contributed by atoms with Crippen LogP contribution in [0.2, 0.25) is 0 Å². The van der Waals surface area contributed by atoms with Crippen molar-refractivity contribution in [3.8, 4) is 0 Å². The van der Waals surface area contributed by atoms with Crippen molar-refractivity contribution < 1.29 is 14.3 Å². The maximum Gasteiger partial charge on any atom is 0.165 e. The molecule has 3 fully saturated rings. The van der Waals surface area contributed by atoms with Gasteiger partial charge in [-0.3, -0.25) is 4.79 Å². The molecule has 1 aromatic carbocycles. The summed E-state index contributed by atoms with van der Waals surface area (Å²) < 4.78 is 13.3. The molecular formula is C26H31FO2. The van der Waals surface area contributed by atoms with E-state index in [1.165, 1.54) is 17.7 Å². The Kier molecular flexibility index (Phi) is 4.40. The molecule has 4 aliphatic rings.